The molecule has 0 aliphatic rings. The lowest BCUT2D eigenvalue weighted by atomic mass is 9.86. The summed E-state index contributed by atoms with van der Waals surface area (Å²) < 4.78 is 0. The average Bonchev–Trinajstić information content (AvgIpc) is 2.81. The number of hydrogen-bond donors (Lipinski definition) is 2. The van der Waals surface area contributed by atoms with Crippen molar-refractivity contribution in [3.8, 4) is 6.07 Å². The fourth-order valence-electron chi connectivity index (χ4n) is 1.94. The van der Waals surface area contributed by atoms with Crippen molar-refractivity contribution in [3.05, 3.63) is 45.8 Å². The van der Waals surface area contributed by atoms with Gasteiger partial charge in [-0.3, -0.25) is 5.32 Å². The molecule has 114 valence electrons. The van der Waals surface area contributed by atoms with Gasteiger partial charge in [-0.2, -0.15) is 5.26 Å². The van der Waals surface area contributed by atoms with E-state index in [2.05, 4.69) is 16.7 Å². The molecule has 2 amide bonds. The van der Waals surface area contributed by atoms with Gasteiger partial charge in [0.25, 0.3) is 0 Å². The monoisotopic (exact) mass is 333 g/mol. The van der Waals surface area contributed by atoms with Gasteiger partial charge < -0.3 is 5.32 Å². The van der Waals surface area contributed by atoms with Gasteiger partial charge in [-0.25, -0.2) is 4.79 Å². The highest BCUT2D eigenvalue weighted by atomic mass is 35.5. The third kappa shape index (κ3) is 3.79. The van der Waals surface area contributed by atoms with E-state index in [-0.39, 0.29) is 5.41 Å². The second-order valence-corrected chi connectivity index (χ2v) is 7.12. The zero-order chi connectivity index (χ0) is 16.3. The second-order valence-electron chi connectivity index (χ2n) is 5.80. The van der Waals surface area contributed by atoms with Crippen LogP contribution in [0.1, 0.15) is 31.9 Å². The van der Waals surface area contributed by atoms with E-state index in [1.165, 1.54) is 11.3 Å². The zero-order valence-electron chi connectivity index (χ0n) is 12.5. The normalized spacial score (nSPS) is 10.9. The number of rotatable bonds is 2. The molecule has 22 heavy (non-hydrogen) atoms. The zero-order valence-corrected chi connectivity index (χ0v) is 14.1. The Morgan fingerprint density at radius 3 is 2.64 bits per heavy atom. The van der Waals surface area contributed by atoms with Crippen LogP contribution in [0.15, 0.2) is 29.6 Å². The summed E-state index contributed by atoms with van der Waals surface area (Å²) in [4.78, 5) is 12.1. The highest BCUT2D eigenvalue weighted by Gasteiger charge is 2.23. The summed E-state index contributed by atoms with van der Waals surface area (Å²) in [6, 6.07) is 8.65. The van der Waals surface area contributed by atoms with E-state index < -0.39 is 6.03 Å². The van der Waals surface area contributed by atoms with E-state index in [1.54, 1.807) is 24.3 Å². The Hall–Kier alpha value is -2.03. The van der Waals surface area contributed by atoms with Crippen molar-refractivity contribution in [2.24, 2.45) is 0 Å². The predicted molar refractivity (Wildman–Crippen MR) is 91.8 cm³/mol. The van der Waals surface area contributed by atoms with Gasteiger partial charge in [0.05, 0.1) is 5.56 Å². The number of carbonyl (C=O) groups excluding carboxylic acids is 1. The standard InChI is InChI=1S/C16H16ClN3OS/c1-16(2,3)13-9-22-14(12(13)8-18)20-15(21)19-11-6-4-5-10(17)7-11/h4-7,9H,1-3H3,(H2,19,20,21). The topological polar surface area (TPSA) is 64.9 Å². The van der Waals surface area contributed by atoms with Crippen molar-refractivity contribution >= 4 is 39.7 Å². The lowest BCUT2D eigenvalue weighted by Crippen LogP contribution is -2.19. The molecule has 0 radical (unpaired) electrons. The molecular weight excluding hydrogens is 318 g/mol. The maximum Gasteiger partial charge on any atom is 0.324 e. The predicted octanol–water partition coefficient (Wildman–Crippen LogP) is 5.21. The minimum Gasteiger partial charge on any atom is -0.308 e. The maximum atomic E-state index is 12.1. The van der Waals surface area contributed by atoms with E-state index in [0.717, 1.165) is 5.56 Å². The van der Waals surface area contributed by atoms with Gasteiger partial charge in [-0.15, -0.1) is 11.3 Å². The second kappa shape index (κ2) is 6.39. The fourth-order valence-corrected chi connectivity index (χ4v) is 3.27. The van der Waals surface area contributed by atoms with Crippen LogP contribution < -0.4 is 10.6 Å². The van der Waals surface area contributed by atoms with Crippen LogP contribution >= 0.6 is 22.9 Å². The van der Waals surface area contributed by atoms with Crippen molar-refractivity contribution < 1.29 is 4.79 Å². The lowest BCUT2D eigenvalue weighted by Gasteiger charge is -2.17. The molecule has 0 atom stereocenters. The molecule has 0 saturated carbocycles. The quantitative estimate of drug-likeness (QED) is 0.791. The number of carbonyl (C=O) groups is 1. The largest absolute Gasteiger partial charge is 0.324 e. The number of nitrogens with zero attached hydrogens (tertiary/aromatic N) is 1. The first-order valence-corrected chi connectivity index (χ1v) is 7.92. The number of amides is 2. The molecule has 4 nitrogen and oxygen atoms in total. The van der Waals surface area contributed by atoms with E-state index in [0.29, 0.717) is 21.3 Å². The van der Waals surface area contributed by atoms with E-state index in [9.17, 15) is 10.1 Å². The van der Waals surface area contributed by atoms with Gasteiger partial charge >= 0.3 is 6.03 Å². The van der Waals surface area contributed by atoms with E-state index >= 15 is 0 Å². The Kier molecular flexibility index (Phi) is 4.74. The minimum absolute atomic E-state index is 0.148. The summed E-state index contributed by atoms with van der Waals surface area (Å²) in [6.45, 7) is 6.10. The number of hydrogen-bond acceptors (Lipinski definition) is 3. The molecule has 2 N–H and O–H groups in total. The highest BCUT2D eigenvalue weighted by Crippen LogP contribution is 2.35. The van der Waals surface area contributed by atoms with Crippen LogP contribution in [0.3, 0.4) is 0 Å². The summed E-state index contributed by atoms with van der Waals surface area (Å²) in [5.41, 5.74) is 1.89. The first kappa shape index (κ1) is 16.3. The van der Waals surface area contributed by atoms with Crippen LogP contribution in [0.25, 0.3) is 0 Å². The van der Waals surface area contributed by atoms with Gasteiger partial charge in [-0.05, 0) is 34.6 Å². The summed E-state index contributed by atoms with van der Waals surface area (Å²) >= 11 is 7.23. The van der Waals surface area contributed by atoms with Crippen LogP contribution in [0.4, 0.5) is 15.5 Å². The van der Waals surface area contributed by atoms with Crippen LogP contribution in [0.2, 0.25) is 5.02 Å². The smallest absolute Gasteiger partial charge is 0.308 e. The molecule has 0 spiro atoms. The van der Waals surface area contributed by atoms with Crippen LogP contribution in [0, 0.1) is 11.3 Å². The SMILES string of the molecule is CC(C)(C)c1csc(NC(=O)Nc2cccc(Cl)c2)c1C#N. The van der Waals surface area contributed by atoms with Crippen molar-refractivity contribution in [2.75, 3.05) is 10.6 Å². The lowest BCUT2D eigenvalue weighted by molar-refractivity contribution is 0.262. The summed E-state index contributed by atoms with van der Waals surface area (Å²) in [5, 5.41) is 17.8. The molecule has 1 aromatic heterocycles. The molecule has 0 unspecified atom stereocenters. The molecule has 0 fully saturated rings. The molecule has 6 heteroatoms. The Balaban J connectivity index is 2.16. The van der Waals surface area contributed by atoms with Crippen molar-refractivity contribution in [1.29, 1.82) is 5.26 Å². The fraction of sp³-hybridized carbons (Fsp3) is 0.250. The molecule has 1 heterocycles. The van der Waals surface area contributed by atoms with Gasteiger partial charge in [0.1, 0.15) is 11.1 Å². The molecular formula is C16H16ClN3OS. The van der Waals surface area contributed by atoms with E-state index in [4.69, 9.17) is 11.6 Å². The first-order chi connectivity index (χ1) is 10.3. The Morgan fingerprint density at radius 1 is 1.32 bits per heavy atom. The van der Waals surface area contributed by atoms with Gasteiger partial charge in [0.15, 0.2) is 0 Å². The number of thiophene rings is 1. The number of nitrogens with one attached hydrogen (secondary N) is 2. The number of nitriles is 1. The van der Waals surface area contributed by atoms with Gasteiger partial charge in [0, 0.05) is 10.7 Å². The van der Waals surface area contributed by atoms with Crippen LogP contribution in [-0.4, -0.2) is 6.03 Å². The Morgan fingerprint density at radius 2 is 2.05 bits per heavy atom. The Bertz CT molecular complexity index is 741. The third-order valence-electron chi connectivity index (χ3n) is 3.02. The third-order valence-corrected chi connectivity index (χ3v) is 4.15. The minimum atomic E-state index is -0.402. The molecule has 0 bridgehead atoms. The summed E-state index contributed by atoms with van der Waals surface area (Å²) in [6.07, 6.45) is 0. The van der Waals surface area contributed by atoms with Crippen LogP contribution in [-0.2, 0) is 5.41 Å². The van der Waals surface area contributed by atoms with Crippen molar-refractivity contribution in [2.45, 2.75) is 26.2 Å². The van der Waals surface area contributed by atoms with E-state index in [1.807, 2.05) is 26.2 Å². The average molecular weight is 334 g/mol. The molecule has 0 saturated heterocycles. The summed E-state index contributed by atoms with van der Waals surface area (Å²) in [7, 11) is 0. The Labute approximate surface area is 138 Å². The first-order valence-electron chi connectivity index (χ1n) is 6.67. The molecule has 2 rings (SSSR count). The maximum absolute atomic E-state index is 12.1. The van der Waals surface area contributed by atoms with Gasteiger partial charge in [-0.1, -0.05) is 38.4 Å². The van der Waals surface area contributed by atoms with Crippen molar-refractivity contribution in [3.63, 3.8) is 0 Å². The number of halogens is 1. The molecule has 0 aliphatic carbocycles. The van der Waals surface area contributed by atoms with Gasteiger partial charge in [0.2, 0.25) is 0 Å². The van der Waals surface area contributed by atoms with Crippen molar-refractivity contribution in [1.82, 2.24) is 0 Å². The molecule has 0 aliphatic heterocycles. The molecule has 2 aromatic rings. The van der Waals surface area contributed by atoms with Crippen LogP contribution in [0.5, 0.6) is 0 Å². The number of urea groups is 1. The number of anilines is 2. The number of benzene rings is 1. The highest BCUT2D eigenvalue weighted by molar-refractivity contribution is 7.14. The summed E-state index contributed by atoms with van der Waals surface area (Å²) in [5.74, 6) is 0. The molecule has 1 aromatic carbocycles.